The summed E-state index contributed by atoms with van der Waals surface area (Å²) in [5.74, 6) is -0.0626. The Labute approximate surface area is 124 Å². The Morgan fingerprint density at radius 2 is 2.05 bits per heavy atom. The lowest BCUT2D eigenvalue weighted by Gasteiger charge is -2.17. The zero-order chi connectivity index (χ0) is 14.9. The van der Waals surface area contributed by atoms with Crippen molar-refractivity contribution in [2.24, 2.45) is 5.41 Å². The van der Waals surface area contributed by atoms with Crippen LogP contribution in [0.1, 0.15) is 42.4 Å². The van der Waals surface area contributed by atoms with Gasteiger partial charge in [-0.25, -0.2) is 0 Å². The lowest BCUT2D eigenvalue weighted by Crippen LogP contribution is -2.27. The number of fused-ring (bicyclic) bond motifs is 1. The summed E-state index contributed by atoms with van der Waals surface area (Å²) in [6.45, 7) is 9.21. The first-order valence-corrected chi connectivity index (χ1v) is 7.67. The third-order valence-corrected chi connectivity index (χ3v) is 4.67. The highest BCUT2D eigenvalue weighted by Crippen LogP contribution is 2.35. The molecule has 0 saturated carbocycles. The van der Waals surface area contributed by atoms with Crippen LogP contribution in [0, 0.1) is 12.3 Å². The second kappa shape index (κ2) is 5.44. The van der Waals surface area contributed by atoms with E-state index in [0.29, 0.717) is 17.1 Å². The molecular weight excluding hydrogens is 268 g/mol. The van der Waals surface area contributed by atoms with Crippen molar-refractivity contribution in [2.45, 2.75) is 34.1 Å². The maximum atomic E-state index is 12.3. The monoisotopic (exact) mass is 290 g/mol. The number of anilines is 1. The molecule has 1 amide bonds. The number of nitrogens with one attached hydrogen (secondary N) is 1. The quantitative estimate of drug-likeness (QED) is 0.899. The van der Waals surface area contributed by atoms with Crippen molar-refractivity contribution < 1.29 is 4.79 Å². The summed E-state index contributed by atoms with van der Waals surface area (Å²) in [6.07, 6.45) is 0.947. The van der Waals surface area contributed by atoms with E-state index in [-0.39, 0.29) is 11.3 Å². The van der Waals surface area contributed by atoms with Gasteiger partial charge in [-0.05, 0) is 24.3 Å². The largest absolute Gasteiger partial charge is 0.397 e. The SMILES string of the molecule is Cc1cccc2c(N)c(C(=O)NCCC(C)(C)C)sc12. The normalized spacial score (nSPS) is 11.8. The van der Waals surface area contributed by atoms with E-state index in [2.05, 4.69) is 26.1 Å². The molecule has 0 aliphatic carbocycles. The molecule has 0 aliphatic heterocycles. The molecule has 3 N–H and O–H groups in total. The Balaban J connectivity index is 2.19. The smallest absolute Gasteiger partial charge is 0.263 e. The fourth-order valence-electron chi connectivity index (χ4n) is 2.08. The molecule has 0 aliphatic rings. The predicted molar refractivity (Wildman–Crippen MR) is 87.4 cm³/mol. The molecule has 0 radical (unpaired) electrons. The highest BCUT2D eigenvalue weighted by molar-refractivity contribution is 7.21. The van der Waals surface area contributed by atoms with Gasteiger partial charge in [0.1, 0.15) is 4.88 Å². The Kier molecular flexibility index (Phi) is 4.04. The fourth-order valence-corrected chi connectivity index (χ4v) is 3.19. The number of nitrogen functional groups attached to an aromatic ring is 1. The van der Waals surface area contributed by atoms with Crippen LogP contribution in [-0.2, 0) is 0 Å². The van der Waals surface area contributed by atoms with Gasteiger partial charge in [0.15, 0.2) is 0 Å². The first kappa shape index (κ1) is 14.9. The van der Waals surface area contributed by atoms with Gasteiger partial charge < -0.3 is 11.1 Å². The average Bonchev–Trinajstić information content (AvgIpc) is 2.67. The second-order valence-electron chi connectivity index (χ2n) is 6.36. The number of rotatable bonds is 3. The van der Waals surface area contributed by atoms with E-state index in [1.165, 1.54) is 11.3 Å². The summed E-state index contributed by atoms with van der Waals surface area (Å²) in [6, 6.07) is 5.99. The Hall–Kier alpha value is -1.55. The van der Waals surface area contributed by atoms with Gasteiger partial charge in [-0.15, -0.1) is 11.3 Å². The van der Waals surface area contributed by atoms with Gasteiger partial charge in [0.25, 0.3) is 5.91 Å². The highest BCUT2D eigenvalue weighted by atomic mass is 32.1. The summed E-state index contributed by atoms with van der Waals surface area (Å²) in [5.41, 5.74) is 8.09. The molecule has 108 valence electrons. The standard InChI is InChI=1S/C16H22N2OS/c1-10-6-5-7-11-12(17)14(20-13(10)11)15(19)18-9-8-16(2,3)4/h5-7H,8-9,17H2,1-4H3,(H,18,19). The zero-order valence-electron chi connectivity index (χ0n) is 12.5. The van der Waals surface area contributed by atoms with E-state index < -0.39 is 0 Å². The molecule has 0 bridgehead atoms. The molecule has 0 unspecified atom stereocenters. The molecule has 3 nitrogen and oxygen atoms in total. The number of thiophene rings is 1. The number of carbonyl (C=O) groups is 1. The van der Waals surface area contributed by atoms with Crippen molar-refractivity contribution >= 4 is 33.0 Å². The maximum Gasteiger partial charge on any atom is 0.263 e. The highest BCUT2D eigenvalue weighted by Gasteiger charge is 2.17. The van der Waals surface area contributed by atoms with Crippen molar-refractivity contribution in [2.75, 3.05) is 12.3 Å². The van der Waals surface area contributed by atoms with Gasteiger partial charge in [-0.1, -0.05) is 39.0 Å². The lowest BCUT2D eigenvalue weighted by molar-refractivity contribution is 0.0954. The summed E-state index contributed by atoms with van der Waals surface area (Å²) in [4.78, 5) is 12.9. The van der Waals surface area contributed by atoms with Gasteiger partial charge >= 0.3 is 0 Å². The number of aryl methyl sites for hydroxylation is 1. The zero-order valence-corrected chi connectivity index (χ0v) is 13.4. The van der Waals surface area contributed by atoms with Crippen LogP contribution in [0.25, 0.3) is 10.1 Å². The Bertz CT molecular complexity index is 638. The molecule has 0 spiro atoms. The molecule has 1 aromatic carbocycles. The summed E-state index contributed by atoms with van der Waals surface area (Å²) < 4.78 is 1.10. The van der Waals surface area contributed by atoms with Crippen LogP contribution in [-0.4, -0.2) is 12.5 Å². The Morgan fingerprint density at radius 1 is 1.35 bits per heavy atom. The number of carbonyl (C=O) groups excluding carboxylic acids is 1. The topological polar surface area (TPSA) is 55.1 Å². The summed E-state index contributed by atoms with van der Waals surface area (Å²) in [5, 5.41) is 3.95. The molecule has 4 heteroatoms. The molecule has 1 aromatic heterocycles. The fraction of sp³-hybridized carbons (Fsp3) is 0.438. The third-order valence-electron chi connectivity index (χ3n) is 3.32. The molecular formula is C16H22N2OS. The molecule has 1 heterocycles. The minimum atomic E-state index is -0.0626. The first-order chi connectivity index (χ1) is 9.29. The van der Waals surface area contributed by atoms with E-state index in [1.807, 2.05) is 25.1 Å². The van der Waals surface area contributed by atoms with E-state index in [9.17, 15) is 4.79 Å². The van der Waals surface area contributed by atoms with Gasteiger partial charge in [0.05, 0.1) is 5.69 Å². The van der Waals surface area contributed by atoms with Crippen LogP contribution in [0.5, 0.6) is 0 Å². The molecule has 0 saturated heterocycles. The van der Waals surface area contributed by atoms with Crippen molar-refractivity contribution in [1.82, 2.24) is 5.32 Å². The Morgan fingerprint density at radius 3 is 2.65 bits per heavy atom. The van der Waals surface area contributed by atoms with Crippen LogP contribution < -0.4 is 11.1 Å². The van der Waals surface area contributed by atoms with Crippen LogP contribution in [0.3, 0.4) is 0 Å². The van der Waals surface area contributed by atoms with Crippen molar-refractivity contribution in [1.29, 1.82) is 0 Å². The number of hydrogen-bond donors (Lipinski definition) is 2. The van der Waals surface area contributed by atoms with Gasteiger partial charge in [-0.2, -0.15) is 0 Å². The molecule has 0 fully saturated rings. The van der Waals surface area contributed by atoms with E-state index in [0.717, 1.165) is 22.1 Å². The van der Waals surface area contributed by atoms with Crippen LogP contribution in [0.15, 0.2) is 18.2 Å². The minimum Gasteiger partial charge on any atom is -0.397 e. The predicted octanol–water partition coefficient (Wildman–Crippen LogP) is 3.96. The number of amides is 1. The number of nitrogens with two attached hydrogens (primary N) is 1. The second-order valence-corrected chi connectivity index (χ2v) is 7.38. The maximum absolute atomic E-state index is 12.3. The lowest BCUT2D eigenvalue weighted by atomic mass is 9.92. The number of hydrogen-bond acceptors (Lipinski definition) is 3. The summed E-state index contributed by atoms with van der Waals surface area (Å²) >= 11 is 1.48. The summed E-state index contributed by atoms with van der Waals surface area (Å²) in [7, 11) is 0. The average molecular weight is 290 g/mol. The van der Waals surface area contributed by atoms with E-state index >= 15 is 0 Å². The van der Waals surface area contributed by atoms with Gasteiger partial charge in [-0.3, -0.25) is 4.79 Å². The van der Waals surface area contributed by atoms with Crippen molar-refractivity contribution in [3.63, 3.8) is 0 Å². The van der Waals surface area contributed by atoms with Crippen molar-refractivity contribution in [3.05, 3.63) is 28.6 Å². The van der Waals surface area contributed by atoms with Gasteiger partial charge in [0, 0.05) is 16.6 Å². The van der Waals surface area contributed by atoms with E-state index in [4.69, 9.17) is 5.73 Å². The third kappa shape index (κ3) is 3.12. The number of benzene rings is 1. The van der Waals surface area contributed by atoms with Crippen molar-refractivity contribution in [3.8, 4) is 0 Å². The molecule has 20 heavy (non-hydrogen) atoms. The molecule has 2 aromatic rings. The van der Waals surface area contributed by atoms with Crippen LogP contribution >= 0.6 is 11.3 Å². The van der Waals surface area contributed by atoms with Crippen LogP contribution in [0.2, 0.25) is 0 Å². The first-order valence-electron chi connectivity index (χ1n) is 6.85. The van der Waals surface area contributed by atoms with E-state index in [1.54, 1.807) is 0 Å². The molecule has 0 atom stereocenters. The van der Waals surface area contributed by atoms with Gasteiger partial charge in [0.2, 0.25) is 0 Å². The van der Waals surface area contributed by atoms with Crippen LogP contribution in [0.4, 0.5) is 5.69 Å². The molecule has 2 rings (SSSR count). The minimum absolute atomic E-state index is 0.0626.